The van der Waals surface area contributed by atoms with Gasteiger partial charge in [-0.15, -0.1) is 0 Å². The van der Waals surface area contributed by atoms with Gasteiger partial charge in [-0.05, 0) is 60.9 Å². The van der Waals surface area contributed by atoms with E-state index in [-0.39, 0.29) is 18.7 Å². The first-order valence-corrected chi connectivity index (χ1v) is 13.0. The van der Waals surface area contributed by atoms with Crippen molar-refractivity contribution in [2.75, 3.05) is 13.2 Å². The predicted octanol–water partition coefficient (Wildman–Crippen LogP) is 5.77. The fourth-order valence-corrected chi connectivity index (χ4v) is 4.02. The minimum absolute atomic E-state index is 0.0574. The first kappa shape index (κ1) is 27.7. The van der Waals surface area contributed by atoms with Crippen LogP contribution in [0.25, 0.3) is 6.08 Å². The Bertz CT molecular complexity index is 1390. The molecule has 1 aliphatic rings. The van der Waals surface area contributed by atoms with Gasteiger partial charge in [0.15, 0.2) is 11.5 Å². The molecular weight excluding hydrogens is 520 g/mol. The molecule has 3 aromatic carbocycles. The van der Waals surface area contributed by atoms with Crippen molar-refractivity contribution >= 4 is 35.5 Å². The van der Waals surface area contributed by atoms with E-state index in [2.05, 4.69) is 5.32 Å². The lowest BCUT2D eigenvalue weighted by atomic mass is 10.1. The van der Waals surface area contributed by atoms with Gasteiger partial charge in [0.05, 0.1) is 19.8 Å². The zero-order chi connectivity index (χ0) is 27.8. The second-order valence-electron chi connectivity index (χ2n) is 8.72. The van der Waals surface area contributed by atoms with Crippen LogP contribution in [-0.4, -0.2) is 36.0 Å². The molecule has 0 aliphatic carbocycles. The molecule has 8 nitrogen and oxygen atoms in total. The maximum Gasteiger partial charge on any atom is 0.331 e. The van der Waals surface area contributed by atoms with Gasteiger partial charge in [-0.1, -0.05) is 54.9 Å². The highest BCUT2D eigenvalue weighted by atomic mass is 35.5. The lowest BCUT2D eigenvalue weighted by Crippen LogP contribution is -2.53. The zero-order valence-electron chi connectivity index (χ0n) is 21.7. The van der Waals surface area contributed by atoms with Crippen molar-refractivity contribution in [3.05, 3.63) is 94.0 Å². The Morgan fingerprint density at radius 3 is 2.33 bits per heavy atom. The number of hydrogen-bond donors (Lipinski definition) is 1. The van der Waals surface area contributed by atoms with E-state index in [1.54, 1.807) is 54.6 Å². The highest BCUT2D eigenvalue weighted by Crippen LogP contribution is 2.30. The molecule has 202 valence electrons. The second-order valence-corrected chi connectivity index (χ2v) is 9.16. The molecule has 0 aromatic heterocycles. The van der Waals surface area contributed by atoms with Crippen LogP contribution in [0.15, 0.2) is 72.3 Å². The number of nitrogens with zero attached hydrogens (tertiary/aromatic N) is 1. The summed E-state index contributed by atoms with van der Waals surface area (Å²) in [6.45, 7) is 5.04. The van der Waals surface area contributed by atoms with Gasteiger partial charge in [0.25, 0.3) is 11.8 Å². The molecule has 0 unspecified atom stereocenters. The number of rotatable bonds is 11. The highest BCUT2D eigenvalue weighted by Gasteiger charge is 2.36. The molecule has 0 radical (unpaired) electrons. The Balaban J connectivity index is 1.56. The van der Waals surface area contributed by atoms with Crippen LogP contribution in [0.4, 0.5) is 4.79 Å². The Kier molecular flexibility index (Phi) is 9.22. The number of ether oxygens (including phenoxy) is 3. The number of amides is 4. The number of carbonyl (C=O) groups is 3. The van der Waals surface area contributed by atoms with E-state index in [0.717, 1.165) is 16.9 Å². The lowest BCUT2D eigenvalue weighted by Gasteiger charge is -2.27. The van der Waals surface area contributed by atoms with Gasteiger partial charge < -0.3 is 14.2 Å². The third kappa shape index (κ3) is 6.97. The number of imide groups is 2. The number of nitrogens with one attached hydrogen (secondary N) is 1. The first-order chi connectivity index (χ1) is 18.9. The number of urea groups is 1. The van der Waals surface area contributed by atoms with Crippen LogP contribution in [0.2, 0.25) is 5.02 Å². The molecule has 39 heavy (non-hydrogen) atoms. The molecule has 1 fully saturated rings. The number of para-hydroxylation sites is 1. The van der Waals surface area contributed by atoms with Gasteiger partial charge in [-0.25, -0.2) is 4.79 Å². The van der Waals surface area contributed by atoms with Crippen molar-refractivity contribution in [2.45, 2.75) is 33.4 Å². The van der Waals surface area contributed by atoms with Gasteiger partial charge in [0.2, 0.25) is 0 Å². The molecule has 0 saturated carbocycles. The Labute approximate surface area is 232 Å². The summed E-state index contributed by atoms with van der Waals surface area (Å²) in [5, 5.41) is 2.89. The zero-order valence-corrected chi connectivity index (χ0v) is 22.5. The van der Waals surface area contributed by atoms with E-state index >= 15 is 0 Å². The number of benzene rings is 3. The van der Waals surface area contributed by atoms with Crippen LogP contribution in [0.3, 0.4) is 0 Å². The van der Waals surface area contributed by atoms with Gasteiger partial charge in [0.1, 0.15) is 17.9 Å². The molecule has 0 atom stereocenters. The fourth-order valence-electron chi connectivity index (χ4n) is 3.90. The normalized spacial score (nSPS) is 14.4. The second kappa shape index (κ2) is 13.0. The Morgan fingerprint density at radius 1 is 0.846 bits per heavy atom. The summed E-state index contributed by atoms with van der Waals surface area (Å²) < 4.78 is 17.4. The minimum atomic E-state index is -0.793. The van der Waals surface area contributed by atoms with Gasteiger partial charge >= 0.3 is 6.03 Å². The molecule has 1 heterocycles. The summed E-state index contributed by atoms with van der Waals surface area (Å²) in [5.74, 6) is 0.107. The topological polar surface area (TPSA) is 94.2 Å². The van der Waals surface area contributed by atoms with E-state index in [0.29, 0.717) is 46.6 Å². The van der Waals surface area contributed by atoms with Gasteiger partial charge in [-0.3, -0.25) is 19.8 Å². The molecular formula is C30H29ClN2O6. The van der Waals surface area contributed by atoms with E-state index in [1.807, 2.05) is 26.0 Å². The van der Waals surface area contributed by atoms with Gasteiger partial charge in [0, 0.05) is 10.6 Å². The molecule has 4 rings (SSSR count). The van der Waals surface area contributed by atoms with Crippen molar-refractivity contribution in [1.82, 2.24) is 10.2 Å². The molecule has 0 spiro atoms. The maximum absolute atomic E-state index is 13.4. The number of barbiturate groups is 1. The summed E-state index contributed by atoms with van der Waals surface area (Å²) in [5.41, 5.74) is 1.90. The van der Waals surface area contributed by atoms with Crippen molar-refractivity contribution in [3.8, 4) is 17.2 Å². The van der Waals surface area contributed by atoms with Crippen molar-refractivity contribution < 1.29 is 28.6 Å². The molecule has 9 heteroatoms. The standard InChI is InChI=1S/C30H29ClN2O6/c1-3-15-38-26-14-11-21(16-27(26)37-4-2)18-33-29(35)24(28(34)32-30(33)36)17-22-7-5-6-8-25(22)39-19-20-9-12-23(31)13-10-20/h5-14,16-17H,3-4,15,18-19H2,1-2H3,(H,32,34,36)/b24-17+. The third-order valence-electron chi connectivity index (χ3n) is 5.82. The van der Waals surface area contributed by atoms with Crippen molar-refractivity contribution in [3.63, 3.8) is 0 Å². The molecule has 4 amide bonds. The Morgan fingerprint density at radius 2 is 1.59 bits per heavy atom. The van der Waals surface area contributed by atoms with Crippen LogP contribution in [0.5, 0.6) is 17.2 Å². The molecule has 1 aliphatic heterocycles. The summed E-state index contributed by atoms with van der Waals surface area (Å²) >= 11 is 5.95. The summed E-state index contributed by atoms with van der Waals surface area (Å²) in [4.78, 5) is 39.7. The minimum Gasteiger partial charge on any atom is -0.490 e. The number of hydrogen-bond acceptors (Lipinski definition) is 6. The maximum atomic E-state index is 13.4. The van der Waals surface area contributed by atoms with Crippen LogP contribution in [0.1, 0.15) is 37.0 Å². The first-order valence-electron chi connectivity index (χ1n) is 12.6. The average Bonchev–Trinajstić information content (AvgIpc) is 2.93. The quantitative estimate of drug-likeness (QED) is 0.241. The number of carbonyl (C=O) groups excluding carboxylic acids is 3. The van der Waals surface area contributed by atoms with E-state index in [9.17, 15) is 14.4 Å². The van der Waals surface area contributed by atoms with Gasteiger partial charge in [-0.2, -0.15) is 0 Å². The Hall–Kier alpha value is -4.30. The predicted molar refractivity (Wildman–Crippen MR) is 148 cm³/mol. The average molecular weight is 549 g/mol. The van der Waals surface area contributed by atoms with Crippen LogP contribution in [-0.2, 0) is 22.7 Å². The van der Waals surface area contributed by atoms with Crippen LogP contribution >= 0.6 is 11.6 Å². The number of halogens is 1. The van der Waals surface area contributed by atoms with Crippen LogP contribution < -0.4 is 19.5 Å². The summed E-state index contributed by atoms with van der Waals surface area (Å²) in [6, 6.07) is 18.7. The highest BCUT2D eigenvalue weighted by molar-refractivity contribution is 6.31. The molecule has 1 N–H and O–H groups in total. The molecule has 1 saturated heterocycles. The van der Waals surface area contributed by atoms with Crippen molar-refractivity contribution in [1.29, 1.82) is 0 Å². The summed E-state index contributed by atoms with van der Waals surface area (Å²) in [6.07, 6.45) is 2.27. The van der Waals surface area contributed by atoms with E-state index in [4.69, 9.17) is 25.8 Å². The largest absolute Gasteiger partial charge is 0.490 e. The van der Waals surface area contributed by atoms with Crippen molar-refractivity contribution in [2.24, 2.45) is 0 Å². The molecule has 0 bridgehead atoms. The fraction of sp³-hybridized carbons (Fsp3) is 0.233. The molecule has 3 aromatic rings. The van der Waals surface area contributed by atoms with E-state index < -0.39 is 17.8 Å². The van der Waals surface area contributed by atoms with Crippen LogP contribution in [0, 0.1) is 0 Å². The monoisotopic (exact) mass is 548 g/mol. The smallest absolute Gasteiger partial charge is 0.331 e. The lowest BCUT2D eigenvalue weighted by molar-refractivity contribution is -0.130. The SMILES string of the molecule is CCCOc1ccc(CN2C(=O)NC(=O)/C(=C\c3ccccc3OCc3ccc(Cl)cc3)C2=O)cc1OCC. The van der Waals surface area contributed by atoms with E-state index in [1.165, 1.54) is 6.08 Å². The summed E-state index contributed by atoms with van der Waals surface area (Å²) in [7, 11) is 0. The third-order valence-corrected chi connectivity index (χ3v) is 6.07.